The smallest absolute Gasteiger partial charge is 0.336 e. The van der Waals surface area contributed by atoms with Gasteiger partial charge in [-0.15, -0.1) is 0 Å². The van der Waals surface area contributed by atoms with E-state index in [2.05, 4.69) is 15.9 Å². The zero-order chi connectivity index (χ0) is 18.1. The summed E-state index contributed by atoms with van der Waals surface area (Å²) in [6.07, 6.45) is 0. The molecule has 1 aliphatic heterocycles. The van der Waals surface area contributed by atoms with E-state index in [0.29, 0.717) is 15.6 Å². The number of halogens is 2. The third-order valence-corrected chi connectivity index (χ3v) is 5.55. The highest BCUT2D eigenvalue weighted by atomic mass is 35.5. The molecule has 4 nitrogen and oxygen atoms in total. The van der Waals surface area contributed by atoms with E-state index < -0.39 is 0 Å². The SMILES string of the molecule is O=c1ccc2ccc(CN3CCN(c4cccc(Cl)c4Cl)CC3)cc2o1. The van der Waals surface area contributed by atoms with Crippen LogP contribution in [0.5, 0.6) is 0 Å². The Labute approximate surface area is 161 Å². The van der Waals surface area contributed by atoms with Gasteiger partial charge in [0.25, 0.3) is 0 Å². The quantitative estimate of drug-likeness (QED) is 0.622. The maximum atomic E-state index is 11.4. The van der Waals surface area contributed by atoms with Crippen LogP contribution < -0.4 is 10.5 Å². The highest BCUT2D eigenvalue weighted by Crippen LogP contribution is 2.33. The Balaban J connectivity index is 1.44. The van der Waals surface area contributed by atoms with Crippen molar-refractivity contribution < 1.29 is 4.42 Å². The van der Waals surface area contributed by atoms with Crippen molar-refractivity contribution in [2.75, 3.05) is 31.1 Å². The van der Waals surface area contributed by atoms with Gasteiger partial charge in [0.05, 0.1) is 15.7 Å². The van der Waals surface area contributed by atoms with E-state index >= 15 is 0 Å². The molecule has 6 heteroatoms. The van der Waals surface area contributed by atoms with Gasteiger partial charge in [0, 0.05) is 44.2 Å². The minimum absolute atomic E-state index is 0.318. The van der Waals surface area contributed by atoms with E-state index in [-0.39, 0.29) is 5.63 Å². The van der Waals surface area contributed by atoms with Gasteiger partial charge in [-0.3, -0.25) is 4.90 Å². The van der Waals surface area contributed by atoms with Crippen molar-refractivity contribution in [2.45, 2.75) is 6.54 Å². The van der Waals surface area contributed by atoms with E-state index in [4.69, 9.17) is 27.6 Å². The second kappa shape index (κ2) is 7.31. The molecule has 1 aromatic heterocycles. The highest BCUT2D eigenvalue weighted by molar-refractivity contribution is 6.43. The Morgan fingerprint density at radius 1 is 0.962 bits per heavy atom. The fraction of sp³-hybridized carbons (Fsp3) is 0.250. The Hall–Kier alpha value is -2.01. The van der Waals surface area contributed by atoms with Gasteiger partial charge in [-0.05, 0) is 29.8 Å². The summed E-state index contributed by atoms with van der Waals surface area (Å²) in [4.78, 5) is 16.1. The van der Waals surface area contributed by atoms with Crippen molar-refractivity contribution in [3.63, 3.8) is 0 Å². The Morgan fingerprint density at radius 2 is 1.73 bits per heavy atom. The second-order valence-corrected chi connectivity index (χ2v) is 7.25. The third-order valence-electron chi connectivity index (χ3n) is 4.74. The number of piperazine rings is 1. The average Bonchev–Trinajstić information content (AvgIpc) is 2.64. The van der Waals surface area contributed by atoms with Gasteiger partial charge >= 0.3 is 5.63 Å². The van der Waals surface area contributed by atoms with E-state index in [1.54, 1.807) is 6.07 Å². The molecule has 0 bridgehead atoms. The van der Waals surface area contributed by atoms with Crippen LogP contribution in [0.15, 0.2) is 57.7 Å². The summed E-state index contributed by atoms with van der Waals surface area (Å²) < 4.78 is 5.28. The van der Waals surface area contributed by atoms with Crippen LogP contribution in [0.4, 0.5) is 5.69 Å². The van der Waals surface area contributed by atoms with Gasteiger partial charge in [-0.1, -0.05) is 41.4 Å². The summed E-state index contributed by atoms with van der Waals surface area (Å²) in [7, 11) is 0. The lowest BCUT2D eigenvalue weighted by Crippen LogP contribution is -2.46. The number of nitrogens with zero attached hydrogens (tertiary/aromatic N) is 2. The lowest BCUT2D eigenvalue weighted by Gasteiger charge is -2.36. The van der Waals surface area contributed by atoms with Crippen molar-refractivity contribution in [2.24, 2.45) is 0 Å². The molecule has 1 aliphatic rings. The highest BCUT2D eigenvalue weighted by Gasteiger charge is 2.20. The maximum Gasteiger partial charge on any atom is 0.336 e. The summed E-state index contributed by atoms with van der Waals surface area (Å²) in [6, 6.07) is 15.0. The standard InChI is InChI=1S/C20H18Cl2N2O2/c21-16-2-1-3-17(20(16)22)24-10-8-23(9-11-24)13-14-4-5-15-6-7-19(25)26-18(15)12-14/h1-7,12H,8-11,13H2. The van der Waals surface area contributed by atoms with Gasteiger partial charge in [-0.25, -0.2) is 4.79 Å². The topological polar surface area (TPSA) is 36.7 Å². The first kappa shape index (κ1) is 17.4. The predicted octanol–water partition coefficient (Wildman–Crippen LogP) is 4.42. The van der Waals surface area contributed by atoms with Crippen molar-refractivity contribution in [1.29, 1.82) is 0 Å². The molecule has 2 heterocycles. The third kappa shape index (κ3) is 3.58. The van der Waals surface area contributed by atoms with Gasteiger partial charge in [0.1, 0.15) is 5.58 Å². The normalized spacial score (nSPS) is 15.5. The van der Waals surface area contributed by atoms with Crippen LogP contribution in [0.2, 0.25) is 10.0 Å². The van der Waals surface area contributed by atoms with Gasteiger partial charge in [0.2, 0.25) is 0 Å². The molecule has 1 saturated heterocycles. The molecule has 0 radical (unpaired) electrons. The molecule has 0 aliphatic carbocycles. The van der Waals surface area contributed by atoms with Crippen LogP contribution in [0, 0.1) is 0 Å². The van der Waals surface area contributed by atoms with Gasteiger partial charge < -0.3 is 9.32 Å². The van der Waals surface area contributed by atoms with E-state index in [1.807, 2.05) is 30.3 Å². The molecule has 134 valence electrons. The molecular weight excluding hydrogens is 371 g/mol. The summed E-state index contributed by atoms with van der Waals surface area (Å²) in [5.74, 6) is 0. The van der Waals surface area contributed by atoms with Gasteiger partial charge in [0.15, 0.2) is 0 Å². The number of rotatable bonds is 3. The molecular formula is C20H18Cl2N2O2. The molecule has 0 N–H and O–H groups in total. The summed E-state index contributed by atoms with van der Waals surface area (Å²) >= 11 is 12.5. The fourth-order valence-corrected chi connectivity index (χ4v) is 3.76. The molecule has 4 rings (SSSR count). The molecule has 0 saturated carbocycles. The number of hydrogen-bond acceptors (Lipinski definition) is 4. The number of fused-ring (bicyclic) bond motifs is 1. The maximum absolute atomic E-state index is 11.4. The molecule has 0 unspecified atom stereocenters. The van der Waals surface area contributed by atoms with Crippen molar-refractivity contribution in [1.82, 2.24) is 4.90 Å². The molecule has 26 heavy (non-hydrogen) atoms. The molecule has 0 amide bonds. The van der Waals surface area contributed by atoms with Crippen molar-refractivity contribution in [3.05, 3.63) is 74.6 Å². The van der Waals surface area contributed by atoms with Crippen LogP contribution in [0.25, 0.3) is 11.0 Å². The predicted molar refractivity (Wildman–Crippen MR) is 106 cm³/mol. The van der Waals surface area contributed by atoms with Crippen LogP contribution in [0.1, 0.15) is 5.56 Å². The van der Waals surface area contributed by atoms with Crippen molar-refractivity contribution >= 4 is 39.9 Å². The Kier molecular flexibility index (Phi) is 4.90. The fourth-order valence-electron chi connectivity index (χ4n) is 3.35. The van der Waals surface area contributed by atoms with Gasteiger partial charge in [-0.2, -0.15) is 0 Å². The average molecular weight is 389 g/mol. The number of hydrogen-bond donors (Lipinski definition) is 0. The molecule has 2 aromatic carbocycles. The summed E-state index contributed by atoms with van der Waals surface area (Å²) in [5, 5.41) is 2.14. The lowest BCUT2D eigenvalue weighted by atomic mass is 10.1. The minimum atomic E-state index is -0.318. The van der Waals surface area contributed by atoms with Crippen LogP contribution in [-0.4, -0.2) is 31.1 Å². The monoisotopic (exact) mass is 388 g/mol. The van der Waals surface area contributed by atoms with Crippen molar-refractivity contribution in [3.8, 4) is 0 Å². The molecule has 3 aromatic rings. The zero-order valence-electron chi connectivity index (χ0n) is 14.1. The van der Waals surface area contributed by atoms with Crippen LogP contribution in [-0.2, 0) is 6.54 Å². The molecule has 0 spiro atoms. The number of anilines is 1. The summed E-state index contributed by atoms with van der Waals surface area (Å²) in [5.41, 5.74) is 2.45. The van der Waals surface area contributed by atoms with Crippen LogP contribution >= 0.6 is 23.2 Å². The van der Waals surface area contributed by atoms with Crippen LogP contribution in [0.3, 0.4) is 0 Å². The minimum Gasteiger partial charge on any atom is -0.423 e. The summed E-state index contributed by atoms with van der Waals surface area (Å²) in [6.45, 7) is 4.47. The first-order chi connectivity index (χ1) is 12.6. The Morgan fingerprint density at radius 3 is 2.54 bits per heavy atom. The molecule has 0 atom stereocenters. The van der Waals surface area contributed by atoms with E-state index in [0.717, 1.165) is 49.4 Å². The lowest BCUT2D eigenvalue weighted by molar-refractivity contribution is 0.250. The largest absolute Gasteiger partial charge is 0.423 e. The Bertz CT molecular complexity index is 995. The first-order valence-electron chi connectivity index (χ1n) is 8.54. The first-order valence-corrected chi connectivity index (χ1v) is 9.30. The van der Waals surface area contributed by atoms with E-state index in [1.165, 1.54) is 6.07 Å². The van der Waals surface area contributed by atoms with E-state index in [9.17, 15) is 4.79 Å². The number of benzene rings is 2. The molecule has 1 fully saturated rings. The second-order valence-electron chi connectivity index (χ2n) is 6.46. The zero-order valence-corrected chi connectivity index (χ0v) is 15.6.